The fourth-order valence-corrected chi connectivity index (χ4v) is 3.12. The van der Waals surface area contributed by atoms with Crippen molar-refractivity contribution in [2.75, 3.05) is 16.8 Å². The van der Waals surface area contributed by atoms with Gasteiger partial charge in [0.1, 0.15) is 5.82 Å². The van der Waals surface area contributed by atoms with E-state index in [4.69, 9.17) is 0 Å². The summed E-state index contributed by atoms with van der Waals surface area (Å²) in [5.41, 5.74) is 2.03. The van der Waals surface area contributed by atoms with Crippen LogP contribution >= 0.6 is 0 Å². The van der Waals surface area contributed by atoms with E-state index in [0.717, 1.165) is 17.8 Å². The smallest absolute Gasteiger partial charge is 0.229 e. The Balaban J connectivity index is 1.51. The number of H-pyrrole nitrogens is 2. The maximum absolute atomic E-state index is 12.8. The number of carbonyl (C=O) groups excluding carboxylic acids is 2. The van der Waals surface area contributed by atoms with Crippen molar-refractivity contribution in [1.29, 1.82) is 0 Å². The number of aryl methyl sites for hydroxylation is 1. The highest BCUT2D eigenvalue weighted by molar-refractivity contribution is 6.04. The van der Waals surface area contributed by atoms with Crippen LogP contribution in [0.4, 0.5) is 11.4 Å². The molecule has 1 aliphatic rings. The molecule has 1 saturated heterocycles. The number of rotatable bonds is 5. The molecule has 0 radical (unpaired) electrons. The molecule has 1 fully saturated rings. The van der Waals surface area contributed by atoms with Crippen LogP contribution in [-0.4, -0.2) is 43.7 Å². The van der Waals surface area contributed by atoms with Crippen molar-refractivity contribution >= 4 is 23.2 Å². The Bertz CT molecular complexity index is 964. The van der Waals surface area contributed by atoms with Gasteiger partial charge < -0.3 is 10.2 Å². The maximum atomic E-state index is 12.8. The first-order chi connectivity index (χ1) is 13.2. The van der Waals surface area contributed by atoms with Gasteiger partial charge in [-0.3, -0.25) is 19.8 Å². The molecule has 9 nitrogen and oxygen atoms in total. The summed E-state index contributed by atoms with van der Waals surface area (Å²) in [6.45, 7) is 2.31. The van der Waals surface area contributed by atoms with Crippen molar-refractivity contribution in [1.82, 2.24) is 25.4 Å². The lowest BCUT2D eigenvalue weighted by atomic mass is 10.1. The Morgan fingerprint density at radius 3 is 2.96 bits per heavy atom. The van der Waals surface area contributed by atoms with E-state index < -0.39 is 5.92 Å². The van der Waals surface area contributed by atoms with Crippen LogP contribution in [0.15, 0.2) is 36.7 Å². The number of aromatic nitrogens is 5. The Morgan fingerprint density at radius 1 is 1.37 bits per heavy atom. The average molecular weight is 365 g/mol. The number of carbonyl (C=O) groups is 2. The molecule has 1 aromatic carbocycles. The summed E-state index contributed by atoms with van der Waals surface area (Å²) in [5.74, 6) is 0.590. The molecule has 2 amide bonds. The first kappa shape index (κ1) is 17.0. The van der Waals surface area contributed by atoms with E-state index in [0.29, 0.717) is 23.7 Å². The van der Waals surface area contributed by atoms with Crippen LogP contribution in [-0.2, 0) is 16.0 Å². The lowest BCUT2D eigenvalue weighted by Gasteiger charge is -2.15. The number of nitrogens with zero attached hydrogens (tertiary/aromatic N) is 4. The van der Waals surface area contributed by atoms with Gasteiger partial charge in [-0.15, -0.1) is 0 Å². The fraction of sp³-hybridized carbons (Fsp3) is 0.278. The minimum Gasteiger partial charge on any atom is -0.325 e. The molecule has 0 spiro atoms. The van der Waals surface area contributed by atoms with Gasteiger partial charge in [0.05, 0.1) is 23.5 Å². The van der Waals surface area contributed by atoms with Crippen molar-refractivity contribution in [2.24, 2.45) is 5.92 Å². The molecule has 1 aliphatic heterocycles. The summed E-state index contributed by atoms with van der Waals surface area (Å²) >= 11 is 0. The number of hydrogen-bond donors (Lipinski definition) is 3. The topological polar surface area (TPSA) is 120 Å². The number of amides is 2. The number of benzene rings is 1. The molecule has 2 aromatic heterocycles. The van der Waals surface area contributed by atoms with Crippen LogP contribution in [0, 0.1) is 5.92 Å². The first-order valence-corrected chi connectivity index (χ1v) is 8.76. The summed E-state index contributed by atoms with van der Waals surface area (Å²) < 4.78 is 0. The van der Waals surface area contributed by atoms with Crippen molar-refractivity contribution in [3.8, 4) is 11.4 Å². The molecular formula is C18H19N7O2. The van der Waals surface area contributed by atoms with Gasteiger partial charge in [0.15, 0.2) is 5.82 Å². The lowest BCUT2D eigenvalue weighted by molar-refractivity contribution is -0.122. The second-order valence-electron chi connectivity index (χ2n) is 6.36. The predicted molar refractivity (Wildman–Crippen MR) is 98.9 cm³/mol. The second kappa shape index (κ2) is 7.02. The van der Waals surface area contributed by atoms with Crippen LogP contribution in [0.2, 0.25) is 0 Å². The van der Waals surface area contributed by atoms with Crippen LogP contribution in [0.25, 0.3) is 11.4 Å². The number of anilines is 2. The van der Waals surface area contributed by atoms with Crippen molar-refractivity contribution in [3.05, 3.63) is 42.5 Å². The lowest BCUT2D eigenvalue weighted by Crippen LogP contribution is -2.28. The third-order valence-corrected chi connectivity index (χ3v) is 4.58. The quantitative estimate of drug-likeness (QED) is 0.636. The van der Waals surface area contributed by atoms with E-state index in [-0.39, 0.29) is 18.2 Å². The summed E-state index contributed by atoms with van der Waals surface area (Å²) in [6.07, 6.45) is 4.12. The van der Waals surface area contributed by atoms with E-state index >= 15 is 0 Å². The van der Waals surface area contributed by atoms with Gasteiger partial charge in [-0.25, -0.2) is 4.98 Å². The zero-order chi connectivity index (χ0) is 18.8. The zero-order valence-electron chi connectivity index (χ0n) is 14.8. The first-order valence-electron chi connectivity index (χ1n) is 8.76. The average Bonchev–Trinajstić information content (AvgIpc) is 3.42. The van der Waals surface area contributed by atoms with E-state index in [1.165, 1.54) is 0 Å². The Kier molecular flexibility index (Phi) is 4.41. The summed E-state index contributed by atoms with van der Waals surface area (Å²) in [4.78, 5) is 31.0. The molecule has 3 heterocycles. The van der Waals surface area contributed by atoms with Crippen LogP contribution in [0.3, 0.4) is 0 Å². The molecule has 1 atom stereocenters. The standard InChI is InChI=1S/C18H19N7O2/c1-2-15-22-17(24-23-15)13-5-3-4-6-14(13)21-18(27)11-7-16(26)25(10-11)12-8-19-20-9-12/h3-6,8-9,11H,2,7,10H2,1H3,(H,19,20)(H,21,27)(H,22,23,24). The highest BCUT2D eigenvalue weighted by Crippen LogP contribution is 2.28. The Morgan fingerprint density at radius 2 is 2.22 bits per heavy atom. The van der Waals surface area contributed by atoms with Gasteiger partial charge in [0.2, 0.25) is 11.8 Å². The molecule has 138 valence electrons. The largest absolute Gasteiger partial charge is 0.325 e. The summed E-state index contributed by atoms with van der Waals surface area (Å²) in [5, 5.41) is 16.6. The van der Waals surface area contributed by atoms with Crippen LogP contribution in [0.5, 0.6) is 0 Å². The Hall–Kier alpha value is -3.49. The monoisotopic (exact) mass is 365 g/mol. The zero-order valence-corrected chi connectivity index (χ0v) is 14.8. The molecule has 3 aromatic rings. The highest BCUT2D eigenvalue weighted by Gasteiger charge is 2.35. The van der Waals surface area contributed by atoms with Crippen LogP contribution in [0.1, 0.15) is 19.2 Å². The molecule has 0 aliphatic carbocycles. The number of hydrogen-bond acceptors (Lipinski definition) is 5. The number of nitrogens with one attached hydrogen (secondary N) is 3. The van der Waals surface area contributed by atoms with Crippen molar-refractivity contribution in [3.63, 3.8) is 0 Å². The van der Waals surface area contributed by atoms with Crippen molar-refractivity contribution < 1.29 is 9.59 Å². The van der Waals surface area contributed by atoms with Gasteiger partial charge in [-0.05, 0) is 12.1 Å². The summed E-state index contributed by atoms with van der Waals surface area (Å²) in [6, 6.07) is 7.37. The van der Waals surface area contributed by atoms with E-state index in [9.17, 15) is 9.59 Å². The third-order valence-electron chi connectivity index (χ3n) is 4.58. The molecule has 3 N–H and O–H groups in total. The molecule has 27 heavy (non-hydrogen) atoms. The molecule has 0 bridgehead atoms. The fourth-order valence-electron chi connectivity index (χ4n) is 3.12. The van der Waals surface area contributed by atoms with Gasteiger partial charge in [0.25, 0.3) is 0 Å². The number of aromatic amines is 2. The number of para-hydroxylation sites is 1. The van der Waals surface area contributed by atoms with Crippen LogP contribution < -0.4 is 10.2 Å². The Labute approximate surface area is 155 Å². The van der Waals surface area contributed by atoms with Gasteiger partial charge in [-0.1, -0.05) is 19.1 Å². The minimum absolute atomic E-state index is 0.0913. The summed E-state index contributed by atoms with van der Waals surface area (Å²) in [7, 11) is 0. The van der Waals surface area contributed by atoms with Crippen molar-refractivity contribution in [2.45, 2.75) is 19.8 Å². The van der Waals surface area contributed by atoms with Gasteiger partial charge in [-0.2, -0.15) is 10.2 Å². The molecular weight excluding hydrogens is 346 g/mol. The molecule has 9 heteroatoms. The van der Waals surface area contributed by atoms with Gasteiger partial charge >= 0.3 is 0 Å². The highest BCUT2D eigenvalue weighted by atomic mass is 16.2. The SMILES string of the molecule is CCc1nc(-c2ccccc2NC(=O)C2CC(=O)N(c3cn[nH]c3)C2)n[nH]1. The predicted octanol–water partition coefficient (Wildman–Crippen LogP) is 1.75. The molecule has 0 saturated carbocycles. The third kappa shape index (κ3) is 3.31. The molecule has 1 unspecified atom stereocenters. The molecule has 4 rings (SSSR count). The van der Waals surface area contributed by atoms with E-state index in [1.54, 1.807) is 23.4 Å². The van der Waals surface area contributed by atoms with Gasteiger partial charge in [0, 0.05) is 31.1 Å². The normalized spacial score (nSPS) is 16.7. The maximum Gasteiger partial charge on any atom is 0.229 e. The second-order valence-corrected chi connectivity index (χ2v) is 6.36. The van der Waals surface area contributed by atoms with E-state index in [1.807, 2.05) is 25.1 Å². The van der Waals surface area contributed by atoms with E-state index in [2.05, 4.69) is 30.7 Å². The minimum atomic E-state index is -0.432.